The molecule has 8 heteroatoms. The van der Waals surface area contributed by atoms with E-state index in [-0.39, 0.29) is 68.2 Å². The predicted octanol–water partition coefficient (Wildman–Crippen LogP) is 13.9. The second-order valence-corrected chi connectivity index (χ2v) is 21.4. The summed E-state index contributed by atoms with van der Waals surface area (Å²) in [4.78, 5) is 0. The number of rotatable bonds is 8. The Balaban J connectivity index is 0.000000371. The quantitative estimate of drug-likeness (QED) is 0.131. The van der Waals surface area contributed by atoms with Crippen LogP contribution < -0.4 is 51.4 Å². The standard InChI is InChI=1S/C36H40N2.C10H18P2.C4H8O2.Co.K/c1-21(2)26-15-11-16-27(22(3)4)33(26)37-35-30-19-9-13-25-14-10-20-31(32(25)30)36(35)38-34-28(23(5)6)17-12-18-29(34)24(7)8;1-9(2,3)7-11-8(12-7)10(4,5)6;1-2-6-4-3-5-1;;/h9-24H,1-8H3;1-6H3;1-4H2;;/q-2;;;;+1. The first-order valence-electron chi connectivity index (χ1n) is 20.7. The van der Waals surface area contributed by atoms with E-state index >= 15 is 0 Å². The maximum Gasteiger partial charge on any atom is 1.00 e. The Labute approximate surface area is 409 Å². The van der Waals surface area contributed by atoms with Crippen molar-refractivity contribution in [3.05, 3.63) is 128 Å². The summed E-state index contributed by atoms with van der Waals surface area (Å²) in [5, 5.41) is 16.9. The Morgan fingerprint density at radius 1 is 0.483 bits per heavy atom. The van der Waals surface area contributed by atoms with Crippen molar-refractivity contribution in [2.45, 2.75) is 121 Å². The Kier molecular flexibility index (Phi) is 20.2. The summed E-state index contributed by atoms with van der Waals surface area (Å²) in [6.45, 7) is 35.0. The summed E-state index contributed by atoms with van der Waals surface area (Å²) in [5.74, 6) is 1.51. The van der Waals surface area contributed by atoms with Gasteiger partial charge in [-0.2, -0.15) is 0 Å². The second-order valence-electron chi connectivity index (χ2n) is 18.4. The van der Waals surface area contributed by atoms with Crippen LogP contribution in [0.25, 0.3) is 32.8 Å². The molecule has 3 aliphatic rings. The molecule has 5 radical (unpaired) electrons. The minimum atomic E-state index is 0. The van der Waals surface area contributed by atoms with E-state index in [0.29, 0.717) is 34.5 Å². The molecule has 0 N–H and O–H groups in total. The van der Waals surface area contributed by atoms with Gasteiger partial charge in [-0.05, 0) is 56.4 Å². The Hall–Kier alpha value is -0.597. The molecule has 309 valence electrons. The fourth-order valence-electron chi connectivity index (χ4n) is 7.04. The molecule has 0 unspecified atom stereocenters. The zero-order valence-corrected chi connectivity index (χ0v) is 44.0. The maximum atomic E-state index is 5.55. The molecule has 0 saturated carbocycles. The van der Waals surface area contributed by atoms with E-state index in [1.54, 1.807) is 10.8 Å². The van der Waals surface area contributed by atoms with Crippen molar-refractivity contribution in [2.75, 3.05) is 26.4 Å². The first-order chi connectivity index (χ1) is 26.4. The molecular weight excluding hydrogens is 821 g/mol. The van der Waals surface area contributed by atoms with Crippen LogP contribution in [0.4, 0.5) is 11.4 Å². The largest absolute Gasteiger partial charge is 1.00 e. The zero-order chi connectivity index (χ0) is 40.9. The smallest absolute Gasteiger partial charge is 0.658 e. The van der Waals surface area contributed by atoms with E-state index < -0.39 is 0 Å². The van der Waals surface area contributed by atoms with Crippen molar-refractivity contribution in [1.82, 2.24) is 0 Å². The van der Waals surface area contributed by atoms with E-state index in [0.717, 1.165) is 49.2 Å². The van der Waals surface area contributed by atoms with Crippen LogP contribution in [0.5, 0.6) is 0 Å². The molecule has 1 aliphatic carbocycles. The summed E-state index contributed by atoms with van der Waals surface area (Å²) < 4.78 is 9.89. The normalized spacial score (nSPS) is 16.5. The van der Waals surface area contributed by atoms with Crippen molar-refractivity contribution >= 4 is 50.7 Å². The van der Waals surface area contributed by atoms with Crippen LogP contribution in [0.2, 0.25) is 0 Å². The number of nitrogens with zero attached hydrogens (tertiary/aromatic N) is 2. The number of hydrogen-bond donors (Lipinski definition) is 0. The maximum absolute atomic E-state index is 5.55. The summed E-state index contributed by atoms with van der Waals surface area (Å²) in [6.07, 6.45) is 0. The molecule has 4 aromatic carbocycles. The second kappa shape index (κ2) is 22.7. The SMILES string of the molecule is C1COCCO1.CC(C)(C)[C]1[P][C](C(C)(C)C)[P]1.CC(C)c1cccc(C(C)C)c1[N-]C1=C([N-]c2c(C(C)C)cccc2C(C)C)c2cccc3cccc1c23.[Co].[K+]. The van der Waals surface area contributed by atoms with Gasteiger partial charge in [-0.3, -0.25) is 0 Å². The van der Waals surface area contributed by atoms with Crippen molar-refractivity contribution in [3.63, 3.8) is 0 Å². The molecule has 0 bridgehead atoms. The Bertz CT molecular complexity index is 1780. The minimum Gasteiger partial charge on any atom is -0.658 e. The van der Waals surface area contributed by atoms with Crippen molar-refractivity contribution in [2.24, 2.45) is 10.8 Å². The Morgan fingerprint density at radius 3 is 1.03 bits per heavy atom. The van der Waals surface area contributed by atoms with Gasteiger partial charge in [0.1, 0.15) is 0 Å². The van der Waals surface area contributed by atoms with Gasteiger partial charge in [-0.1, -0.05) is 209 Å². The Morgan fingerprint density at radius 2 is 0.776 bits per heavy atom. The number of para-hydroxylation sites is 2. The molecule has 2 heterocycles. The molecule has 0 atom stereocenters. The third kappa shape index (κ3) is 12.8. The van der Waals surface area contributed by atoms with E-state index in [9.17, 15) is 0 Å². The minimum absolute atomic E-state index is 0. The molecule has 0 spiro atoms. The summed E-state index contributed by atoms with van der Waals surface area (Å²) in [6, 6.07) is 26.5. The van der Waals surface area contributed by atoms with Crippen molar-refractivity contribution in [3.8, 4) is 0 Å². The molecule has 4 nitrogen and oxygen atoms in total. The first-order valence-corrected chi connectivity index (χ1v) is 22.5. The van der Waals surface area contributed by atoms with E-state index in [1.807, 2.05) is 0 Å². The van der Waals surface area contributed by atoms with Crippen LogP contribution in [0, 0.1) is 21.6 Å². The van der Waals surface area contributed by atoms with Gasteiger partial charge in [-0.25, -0.2) is 0 Å². The molecule has 58 heavy (non-hydrogen) atoms. The van der Waals surface area contributed by atoms with Gasteiger partial charge in [0.15, 0.2) is 0 Å². The fourth-order valence-corrected chi connectivity index (χ4v) is 9.69. The van der Waals surface area contributed by atoms with Gasteiger partial charge >= 0.3 is 51.4 Å². The first kappa shape index (κ1) is 51.8. The molecule has 4 aromatic rings. The van der Waals surface area contributed by atoms with Crippen molar-refractivity contribution in [1.29, 1.82) is 0 Å². The number of benzene rings is 4. The molecule has 2 fully saturated rings. The van der Waals surface area contributed by atoms with E-state index in [4.69, 9.17) is 20.1 Å². The van der Waals surface area contributed by atoms with Crippen LogP contribution in [0.3, 0.4) is 0 Å². The van der Waals surface area contributed by atoms with Gasteiger partial charge in [0.25, 0.3) is 0 Å². The summed E-state index contributed by atoms with van der Waals surface area (Å²) in [5.41, 5.74) is 12.5. The van der Waals surface area contributed by atoms with Gasteiger partial charge in [0, 0.05) is 27.6 Å². The molecule has 2 aliphatic heterocycles. The molecular formula is C50H66CoKN2O2P2-. The summed E-state index contributed by atoms with van der Waals surface area (Å²) in [7, 11) is 3.04. The van der Waals surface area contributed by atoms with Crippen molar-refractivity contribution < 1.29 is 77.6 Å². The zero-order valence-electron chi connectivity index (χ0n) is 38.0. The van der Waals surface area contributed by atoms with Gasteiger partial charge < -0.3 is 20.1 Å². The number of ether oxygens (including phenoxy) is 2. The molecule has 0 aromatic heterocycles. The van der Waals surface area contributed by atoms with Crippen LogP contribution in [0.15, 0.2) is 72.8 Å². The van der Waals surface area contributed by atoms with Gasteiger partial charge in [0.05, 0.1) is 26.4 Å². The third-order valence-corrected chi connectivity index (χ3v) is 15.0. The van der Waals surface area contributed by atoms with Crippen LogP contribution in [-0.4, -0.2) is 26.4 Å². The predicted molar refractivity (Wildman–Crippen MR) is 247 cm³/mol. The molecule has 7 rings (SSSR count). The average Bonchev–Trinajstić information content (AvgIpc) is 3.40. The third-order valence-electron chi connectivity index (χ3n) is 10.3. The monoisotopic (exact) mass is 886 g/mol. The molecule has 0 amide bonds. The fraction of sp³-hybridized carbons (Fsp3) is 0.480. The van der Waals surface area contributed by atoms with Gasteiger partial charge in [0.2, 0.25) is 0 Å². The van der Waals surface area contributed by atoms with Crippen LogP contribution in [-0.2, 0) is 26.3 Å². The van der Waals surface area contributed by atoms with Crippen LogP contribution >= 0.6 is 17.2 Å². The number of hydrogen-bond acceptors (Lipinski definition) is 2. The van der Waals surface area contributed by atoms with Gasteiger partial charge in [-0.15, -0.1) is 22.8 Å². The van der Waals surface area contributed by atoms with Crippen LogP contribution in [0.1, 0.15) is 154 Å². The van der Waals surface area contributed by atoms with E-state index in [1.165, 1.54) is 61.3 Å². The van der Waals surface area contributed by atoms with E-state index in [2.05, 4.69) is 170 Å². The topological polar surface area (TPSA) is 46.7 Å². The summed E-state index contributed by atoms with van der Waals surface area (Å²) >= 11 is 0. The average molecular weight is 887 g/mol. The molecule has 2 saturated heterocycles.